The summed E-state index contributed by atoms with van der Waals surface area (Å²) in [6, 6.07) is 2.06. The zero-order valence-electron chi connectivity index (χ0n) is 6.25. The first-order chi connectivity index (χ1) is 4.75. The van der Waals surface area contributed by atoms with Crippen LogP contribution in [0.2, 0.25) is 0 Å². The first kappa shape index (κ1) is 7.56. The van der Waals surface area contributed by atoms with Crippen molar-refractivity contribution in [2.24, 2.45) is 11.8 Å². The van der Waals surface area contributed by atoms with E-state index in [-0.39, 0.29) is 12.0 Å². The number of rotatable bonds is 2. The van der Waals surface area contributed by atoms with Crippen LogP contribution >= 0.6 is 0 Å². The van der Waals surface area contributed by atoms with Crippen molar-refractivity contribution in [3.63, 3.8) is 0 Å². The van der Waals surface area contributed by atoms with E-state index in [0.717, 1.165) is 12.8 Å². The average molecular weight is 139 g/mol. The molecule has 2 atom stereocenters. The summed E-state index contributed by atoms with van der Waals surface area (Å²) >= 11 is 0. The van der Waals surface area contributed by atoms with Crippen molar-refractivity contribution in [1.29, 1.82) is 5.26 Å². The maximum atomic E-state index is 9.41. The zero-order chi connectivity index (χ0) is 7.56. The van der Waals surface area contributed by atoms with E-state index in [9.17, 15) is 5.11 Å². The standard InChI is InChI=1S/C8H13NO/c1-6(5-9)8(10)7-3-2-4-7/h6-8,10H,2-4H2,1H3. The topological polar surface area (TPSA) is 44.0 Å². The molecule has 0 saturated heterocycles. The molecule has 0 heterocycles. The van der Waals surface area contributed by atoms with Gasteiger partial charge in [0.15, 0.2) is 0 Å². The van der Waals surface area contributed by atoms with Gasteiger partial charge in [0, 0.05) is 0 Å². The molecule has 0 aliphatic heterocycles. The van der Waals surface area contributed by atoms with Crippen molar-refractivity contribution in [2.45, 2.75) is 32.3 Å². The summed E-state index contributed by atoms with van der Waals surface area (Å²) < 4.78 is 0. The van der Waals surface area contributed by atoms with Crippen molar-refractivity contribution in [3.05, 3.63) is 0 Å². The fraction of sp³-hybridized carbons (Fsp3) is 0.875. The van der Waals surface area contributed by atoms with Crippen molar-refractivity contribution < 1.29 is 5.11 Å². The lowest BCUT2D eigenvalue weighted by Gasteiger charge is -2.31. The smallest absolute Gasteiger partial charge is 0.0723 e. The predicted octanol–water partition coefficient (Wildman–Crippen LogP) is 1.31. The third-order valence-electron chi connectivity index (χ3n) is 2.35. The molecule has 2 heteroatoms. The molecule has 0 bridgehead atoms. The molecule has 0 aromatic rings. The summed E-state index contributed by atoms with van der Waals surface area (Å²) in [4.78, 5) is 0. The van der Waals surface area contributed by atoms with E-state index in [1.807, 2.05) is 0 Å². The number of nitriles is 1. The molecule has 0 aromatic carbocycles. The second-order valence-corrected chi connectivity index (χ2v) is 3.10. The highest BCUT2D eigenvalue weighted by molar-refractivity contribution is 4.90. The molecule has 10 heavy (non-hydrogen) atoms. The van der Waals surface area contributed by atoms with Crippen LogP contribution in [-0.2, 0) is 0 Å². The first-order valence-electron chi connectivity index (χ1n) is 3.83. The van der Waals surface area contributed by atoms with E-state index in [2.05, 4.69) is 6.07 Å². The van der Waals surface area contributed by atoms with Crippen LogP contribution in [0.5, 0.6) is 0 Å². The summed E-state index contributed by atoms with van der Waals surface area (Å²) in [5, 5.41) is 17.9. The van der Waals surface area contributed by atoms with E-state index >= 15 is 0 Å². The van der Waals surface area contributed by atoms with E-state index in [1.165, 1.54) is 6.42 Å². The van der Waals surface area contributed by atoms with Crippen LogP contribution < -0.4 is 0 Å². The van der Waals surface area contributed by atoms with Crippen LogP contribution in [0.3, 0.4) is 0 Å². The van der Waals surface area contributed by atoms with E-state index in [0.29, 0.717) is 5.92 Å². The number of aliphatic hydroxyl groups is 1. The molecule has 2 unspecified atom stereocenters. The molecular weight excluding hydrogens is 126 g/mol. The van der Waals surface area contributed by atoms with Crippen LogP contribution in [0.15, 0.2) is 0 Å². The molecule has 0 aromatic heterocycles. The van der Waals surface area contributed by atoms with Crippen LogP contribution in [0, 0.1) is 23.2 Å². The highest BCUT2D eigenvalue weighted by Gasteiger charge is 2.29. The number of hydrogen-bond donors (Lipinski definition) is 1. The van der Waals surface area contributed by atoms with Gasteiger partial charge in [0.1, 0.15) is 0 Å². The average Bonchev–Trinajstić information content (AvgIpc) is 1.82. The molecule has 56 valence electrons. The predicted molar refractivity (Wildman–Crippen MR) is 38.1 cm³/mol. The van der Waals surface area contributed by atoms with Crippen LogP contribution in [0.4, 0.5) is 0 Å². The van der Waals surface area contributed by atoms with E-state index in [4.69, 9.17) is 5.26 Å². The van der Waals surface area contributed by atoms with Gasteiger partial charge in [-0.25, -0.2) is 0 Å². The summed E-state index contributed by atoms with van der Waals surface area (Å²) in [6.45, 7) is 1.78. The molecule has 2 nitrogen and oxygen atoms in total. The van der Waals surface area contributed by atoms with Gasteiger partial charge in [-0.3, -0.25) is 0 Å². The van der Waals surface area contributed by atoms with Crippen molar-refractivity contribution in [1.82, 2.24) is 0 Å². The van der Waals surface area contributed by atoms with Gasteiger partial charge in [-0.1, -0.05) is 6.42 Å². The largest absolute Gasteiger partial charge is 0.391 e. The highest BCUT2D eigenvalue weighted by atomic mass is 16.3. The third-order valence-corrected chi connectivity index (χ3v) is 2.35. The summed E-state index contributed by atoms with van der Waals surface area (Å²) in [6.07, 6.45) is 3.05. The van der Waals surface area contributed by atoms with Crippen molar-refractivity contribution >= 4 is 0 Å². The Morgan fingerprint density at radius 3 is 2.50 bits per heavy atom. The molecule has 1 rings (SSSR count). The quantitative estimate of drug-likeness (QED) is 0.626. The zero-order valence-corrected chi connectivity index (χ0v) is 6.25. The number of aliphatic hydroxyl groups excluding tert-OH is 1. The second kappa shape index (κ2) is 3.03. The van der Waals surface area contributed by atoms with Gasteiger partial charge in [0.2, 0.25) is 0 Å². The van der Waals surface area contributed by atoms with E-state index < -0.39 is 0 Å². The summed E-state index contributed by atoms with van der Waals surface area (Å²) in [7, 11) is 0. The Bertz CT molecular complexity index is 146. The maximum absolute atomic E-state index is 9.41. The minimum Gasteiger partial charge on any atom is -0.391 e. The lowest BCUT2D eigenvalue weighted by Crippen LogP contribution is -2.31. The van der Waals surface area contributed by atoms with Gasteiger partial charge in [-0.15, -0.1) is 0 Å². The third kappa shape index (κ3) is 1.30. The Hall–Kier alpha value is -0.550. The Morgan fingerprint density at radius 2 is 2.20 bits per heavy atom. The fourth-order valence-corrected chi connectivity index (χ4v) is 1.27. The minimum atomic E-state index is -0.376. The Balaban J connectivity index is 2.33. The Morgan fingerprint density at radius 1 is 1.60 bits per heavy atom. The molecule has 0 amide bonds. The molecule has 1 aliphatic rings. The van der Waals surface area contributed by atoms with Crippen LogP contribution in [0.1, 0.15) is 26.2 Å². The fourth-order valence-electron chi connectivity index (χ4n) is 1.27. The number of hydrogen-bond acceptors (Lipinski definition) is 2. The van der Waals surface area contributed by atoms with Crippen molar-refractivity contribution in [3.8, 4) is 6.07 Å². The van der Waals surface area contributed by atoms with Crippen LogP contribution in [0.25, 0.3) is 0 Å². The van der Waals surface area contributed by atoms with Crippen molar-refractivity contribution in [2.75, 3.05) is 0 Å². The summed E-state index contributed by atoms with van der Waals surface area (Å²) in [5.41, 5.74) is 0. The lowest BCUT2D eigenvalue weighted by atomic mass is 9.77. The molecular formula is C8H13NO. The SMILES string of the molecule is CC(C#N)C(O)C1CCC1. The normalized spacial score (nSPS) is 24.5. The van der Waals surface area contributed by atoms with Gasteiger partial charge in [0.25, 0.3) is 0 Å². The summed E-state index contributed by atoms with van der Waals surface area (Å²) in [5.74, 6) is 0.222. The second-order valence-electron chi connectivity index (χ2n) is 3.10. The van der Waals surface area contributed by atoms with Gasteiger partial charge in [0.05, 0.1) is 18.1 Å². The molecule has 1 fully saturated rings. The molecule has 1 saturated carbocycles. The van der Waals surface area contributed by atoms with E-state index in [1.54, 1.807) is 6.92 Å². The molecule has 0 spiro atoms. The number of nitrogens with zero attached hydrogens (tertiary/aromatic N) is 1. The first-order valence-corrected chi connectivity index (χ1v) is 3.83. The van der Waals surface area contributed by atoms with Crippen LogP contribution in [-0.4, -0.2) is 11.2 Å². The van der Waals surface area contributed by atoms with Gasteiger partial charge in [-0.05, 0) is 25.7 Å². The maximum Gasteiger partial charge on any atom is 0.0723 e. The lowest BCUT2D eigenvalue weighted by molar-refractivity contribution is 0.0377. The highest BCUT2D eigenvalue weighted by Crippen LogP contribution is 2.32. The van der Waals surface area contributed by atoms with Gasteiger partial charge in [-0.2, -0.15) is 5.26 Å². The Kier molecular flexibility index (Phi) is 2.29. The molecule has 0 radical (unpaired) electrons. The van der Waals surface area contributed by atoms with Gasteiger partial charge >= 0.3 is 0 Å². The Labute approximate surface area is 61.5 Å². The van der Waals surface area contributed by atoms with Gasteiger partial charge < -0.3 is 5.11 Å². The monoisotopic (exact) mass is 139 g/mol. The molecule has 1 N–H and O–H groups in total. The minimum absolute atomic E-state index is 0.190. The molecule has 1 aliphatic carbocycles.